The van der Waals surface area contributed by atoms with Crippen LogP contribution in [0.25, 0.3) is 0 Å². The van der Waals surface area contributed by atoms with Gasteiger partial charge >= 0.3 is 0 Å². The molecule has 2 unspecified atom stereocenters. The molecule has 5 nitrogen and oxygen atoms in total. The summed E-state index contributed by atoms with van der Waals surface area (Å²) in [4.78, 5) is 0.369. The molecular formula is C14H22N2O3S. The minimum absolute atomic E-state index is 0.188. The van der Waals surface area contributed by atoms with Crippen molar-refractivity contribution in [1.29, 1.82) is 0 Å². The highest BCUT2D eigenvalue weighted by molar-refractivity contribution is 7.89. The van der Waals surface area contributed by atoms with Crippen LogP contribution < -0.4 is 5.73 Å². The number of sulfonamides is 1. The van der Waals surface area contributed by atoms with Gasteiger partial charge in [0.15, 0.2) is 0 Å². The van der Waals surface area contributed by atoms with Crippen molar-refractivity contribution >= 4 is 10.0 Å². The average molecular weight is 298 g/mol. The highest BCUT2D eigenvalue weighted by Gasteiger charge is 2.32. The molecule has 0 amide bonds. The first-order valence-corrected chi connectivity index (χ1v) is 8.21. The van der Waals surface area contributed by atoms with Crippen molar-refractivity contribution < 1.29 is 13.2 Å². The third-order valence-electron chi connectivity index (χ3n) is 3.59. The topological polar surface area (TPSA) is 72.6 Å². The largest absolute Gasteiger partial charge is 0.374 e. The van der Waals surface area contributed by atoms with Gasteiger partial charge in [0.05, 0.1) is 17.6 Å². The van der Waals surface area contributed by atoms with Gasteiger partial charge in [0, 0.05) is 19.1 Å². The molecule has 0 radical (unpaired) electrons. The molecule has 1 saturated heterocycles. The minimum atomic E-state index is -3.48. The van der Waals surface area contributed by atoms with Gasteiger partial charge < -0.3 is 10.5 Å². The van der Waals surface area contributed by atoms with Crippen LogP contribution in [0.4, 0.5) is 0 Å². The quantitative estimate of drug-likeness (QED) is 0.905. The van der Waals surface area contributed by atoms with Gasteiger partial charge in [0.25, 0.3) is 0 Å². The summed E-state index contributed by atoms with van der Waals surface area (Å²) in [6.07, 6.45) is -0.246. The van der Waals surface area contributed by atoms with E-state index in [4.69, 9.17) is 10.5 Å². The Kier molecular flexibility index (Phi) is 4.49. The lowest BCUT2D eigenvalue weighted by Gasteiger charge is -2.34. The van der Waals surface area contributed by atoms with Crippen LogP contribution in [0.2, 0.25) is 0 Å². The smallest absolute Gasteiger partial charge is 0.243 e. The Morgan fingerprint density at radius 1 is 1.40 bits per heavy atom. The maximum Gasteiger partial charge on any atom is 0.243 e. The second-order valence-electron chi connectivity index (χ2n) is 5.40. The molecule has 2 rings (SSSR count). The van der Waals surface area contributed by atoms with Crippen molar-refractivity contribution in [2.45, 2.75) is 37.8 Å². The normalized spacial score (nSPS) is 22.7. The van der Waals surface area contributed by atoms with E-state index in [1.54, 1.807) is 6.07 Å². The highest BCUT2D eigenvalue weighted by atomic mass is 32.2. The first kappa shape index (κ1) is 15.4. The van der Waals surface area contributed by atoms with E-state index in [0.717, 1.165) is 11.1 Å². The molecule has 1 aromatic carbocycles. The van der Waals surface area contributed by atoms with Crippen LogP contribution in [0.5, 0.6) is 0 Å². The van der Waals surface area contributed by atoms with Crippen molar-refractivity contribution in [3.63, 3.8) is 0 Å². The Balaban J connectivity index is 2.30. The van der Waals surface area contributed by atoms with Crippen molar-refractivity contribution in [3.8, 4) is 0 Å². The zero-order chi connectivity index (χ0) is 14.9. The van der Waals surface area contributed by atoms with Gasteiger partial charge in [-0.05, 0) is 32.4 Å². The van der Waals surface area contributed by atoms with Crippen molar-refractivity contribution in [2.75, 3.05) is 19.7 Å². The summed E-state index contributed by atoms with van der Waals surface area (Å²) in [5.74, 6) is 0. The van der Waals surface area contributed by atoms with E-state index >= 15 is 0 Å². The maximum absolute atomic E-state index is 12.7. The van der Waals surface area contributed by atoms with Crippen LogP contribution in [0.1, 0.15) is 18.1 Å². The van der Waals surface area contributed by atoms with Crippen LogP contribution >= 0.6 is 0 Å². The molecule has 2 N–H and O–H groups in total. The third-order valence-corrected chi connectivity index (χ3v) is 5.62. The average Bonchev–Trinajstić information content (AvgIpc) is 2.38. The Labute approximate surface area is 120 Å². The van der Waals surface area contributed by atoms with Gasteiger partial charge in [0.1, 0.15) is 0 Å². The SMILES string of the molecule is Cc1ccc(S(=O)(=O)N2CCOC(C(C)N)C2)c(C)c1. The number of ether oxygens (including phenoxy) is 1. The lowest BCUT2D eigenvalue weighted by molar-refractivity contribution is -0.0120. The van der Waals surface area contributed by atoms with E-state index in [0.29, 0.717) is 24.6 Å². The van der Waals surface area contributed by atoms with E-state index in [9.17, 15) is 8.42 Å². The molecule has 20 heavy (non-hydrogen) atoms. The molecule has 112 valence electrons. The molecule has 2 atom stereocenters. The predicted octanol–water partition coefficient (Wildman–Crippen LogP) is 1.04. The molecule has 0 bridgehead atoms. The standard InChI is InChI=1S/C14H22N2O3S/c1-10-4-5-14(11(2)8-10)20(17,18)16-6-7-19-13(9-16)12(3)15/h4-5,8,12-13H,6-7,9,15H2,1-3H3. The van der Waals surface area contributed by atoms with Gasteiger partial charge in [-0.15, -0.1) is 0 Å². The fraction of sp³-hybridized carbons (Fsp3) is 0.571. The molecule has 0 saturated carbocycles. The second-order valence-corrected chi connectivity index (χ2v) is 7.31. The molecule has 0 aliphatic carbocycles. The molecule has 1 aliphatic rings. The number of aryl methyl sites for hydroxylation is 2. The fourth-order valence-electron chi connectivity index (χ4n) is 2.41. The second kappa shape index (κ2) is 5.81. The maximum atomic E-state index is 12.7. The number of hydrogen-bond donors (Lipinski definition) is 1. The Bertz CT molecular complexity index is 584. The number of morpholine rings is 1. The van der Waals surface area contributed by atoms with Crippen LogP contribution in [0.3, 0.4) is 0 Å². The van der Waals surface area contributed by atoms with Gasteiger partial charge in [-0.3, -0.25) is 0 Å². The molecule has 6 heteroatoms. The summed E-state index contributed by atoms with van der Waals surface area (Å²) in [6.45, 7) is 6.67. The lowest BCUT2D eigenvalue weighted by Crippen LogP contribution is -2.51. The van der Waals surface area contributed by atoms with Gasteiger partial charge in [-0.1, -0.05) is 17.7 Å². The zero-order valence-electron chi connectivity index (χ0n) is 12.2. The van der Waals surface area contributed by atoms with E-state index < -0.39 is 10.0 Å². The van der Waals surface area contributed by atoms with E-state index in [-0.39, 0.29) is 12.1 Å². The zero-order valence-corrected chi connectivity index (χ0v) is 13.0. The molecule has 1 aliphatic heterocycles. The Morgan fingerprint density at radius 2 is 2.10 bits per heavy atom. The lowest BCUT2D eigenvalue weighted by atomic mass is 10.2. The van der Waals surface area contributed by atoms with E-state index in [2.05, 4.69) is 0 Å². The van der Waals surface area contributed by atoms with Crippen molar-refractivity contribution in [1.82, 2.24) is 4.31 Å². The van der Waals surface area contributed by atoms with Crippen LogP contribution in [0, 0.1) is 13.8 Å². The van der Waals surface area contributed by atoms with Crippen molar-refractivity contribution in [2.24, 2.45) is 5.73 Å². The van der Waals surface area contributed by atoms with Crippen LogP contribution in [-0.2, 0) is 14.8 Å². The third kappa shape index (κ3) is 3.03. The van der Waals surface area contributed by atoms with Gasteiger partial charge in [-0.2, -0.15) is 4.31 Å². The Morgan fingerprint density at radius 3 is 2.70 bits per heavy atom. The number of nitrogens with two attached hydrogens (primary N) is 1. The number of hydrogen-bond acceptors (Lipinski definition) is 4. The minimum Gasteiger partial charge on any atom is -0.374 e. The number of benzene rings is 1. The molecule has 1 fully saturated rings. The molecule has 1 aromatic rings. The van der Waals surface area contributed by atoms with Gasteiger partial charge in [0.2, 0.25) is 10.0 Å². The summed E-state index contributed by atoms with van der Waals surface area (Å²) in [5.41, 5.74) is 7.64. The van der Waals surface area contributed by atoms with Crippen LogP contribution in [0.15, 0.2) is 23.1 Å². The summed E-state index contributed by atoms with van der Waals surface area (Å²) >= 11 is 0. The number of nitrogens with zero attached hydrogens (tertiary/aromatic N) is 1. The first-order valence-electron chi connectivity index (χ1n) is 6.77. The molecule has 0 spiro atoms. The summed E-state index contributed by atoms with van der Waals surface area (Å²) in [5, 5.41) is 0. The number of rotatable bonds is 3. The highest BCUT2D eigenvalue weighted by Crippen LogP contribution is 2.23. The molecular weight excluding hydrogens is 276 g/mol. The first-order chi connectivity index (χ1) is 9.32. The Hall–Kier alpha value is -0.950. The van der Waals surface area contributed by atoms with Crippen LogP contribution in [-0.4, -0.2) is 44.6 Å². The van der Waals surface area contributed by atoms with E-state index in [1.165, 1.54) is 4.31 Å². The fourth-order valence-corrected chi connectivity index (χ4v) is 4.06. The van der Waals surface area contributed by atoms with Gasteiger partial charge in [-0.25, -0.2) is 8.42 Å². The monoisotopic (exact) mass is 298 g/mol. The molecule has 0 aromatic heterocycles. The van der Waals surface area contributed by atoms with Crippen molar-refractivity contribution in [3.05, 3.63) is 29.3 Å². The molecule has 1 heterocycles. The summed E-state index contributed by atoms with van der Waals surface area (Å²) in [6, 6.07) is 5.20. The predicted molar refractivity (Wildman–Crippen MR) is 78.1 cm³/mol. The summed E-state index contributed by atoms with van der Waals surface area (Å²) < 4.78 is 32.4. The summed E-state index contributed by atoms with van der Waals surface area (Å²) in [7, 11) is -3.48. The van der Waals surface area contributed by atoms with E-state index in [1.807, 2.05) is 32.9 Å².